The Hall–Kier alpha value is -3.15. The van der Waals surface area contributed by atoms with Gasteiger partial charge in [-0.1, -0.05) is 43.3 Å². The molecule has 0 aliphatic carbocycles. The highest BCUT2D eigenvalue weighted by atomic mass is 16.5. The highest BCUT2D eigenvalue weighted by molar-refractivity contribution is 5.94. The number of carbonyl (C=O) groups is 3. The van der Waals surface area contributed by atoms with Crippen LogP contribution in [0, 0.1) is 0 Å². The molecule has 0 atom stereocenters. The van der Waals surface area contributed by atoms with E-state index in [0.717, 1.165) is 12.8 Å². The van der Waals surface area contributed by atoms with E-state index in [1.807, 2.05) is 30.3 Å². The van der Waals surface area contributed by atoms with Crippen LogP contribution in [-0.2, 0) is 25.5 Å². The summed E-state index contributed by atoms with van der Waals surface area (Å²) in [6.07, 6.45) is 2.05. The fourth-order valence-electron chi connectivity index (χ4n) is 2.54. The van der Waals surface area contributed by atoms with Crippen molar-refractivity contribution in [2.24, 2.45) is 0 Å². The molecule has 0 saturated heterocycles. The summed E-state index contributed by atoms with van der Waals surface area (Å²) in [5.41, 5.74) is 2.38. The van der Waals surface area contributed by atoms with E-state index >= 15 is 0 Å². The summed E-state index contributed by atoms with van der Waals surface area (Å²) in [7, 11) is 0. The fourth-order valence-corrected chi connectivity index (χ4v) is 2.54. The van der Waals surface area contributed by atoms with Gasteiger partial charge in [0, 0.05) is 24.2 Å². The Morgan fingerprint density at radius 3 is 2.21 bits per heavy atom. The van der Waals surface area contributed by atoms with E-state index in [4.69, 9.17) is 4.74 Å². The second-order valence-electron chi connectivity index (χ2n) is 6.34. The smallest absolute Gasteiger partial charge is 0.306 e. The van der Waals surface area contributed by atoms with Crippen LogP contribution in [0.5, 0.6) is 0 Å². The van der Waals surface area contributed by atoms with E-state index in [1.165, 1.54) is 5.56 Å². The van der Waals surface area contributed by atoms with Crippen molar-refractivity contribution < 1.29 is 19.1 Å². The van der Waals surface area contributed by atoms with Gasteiger partial charge in [-0.25, -0.2) is 0 Å². The van der Waals surface area contributed by atoms with Crippen LogP contribution in [0.2, 0.25) is 0 Å². The van der Waals surface area contributed by atoms with Crippen LogP contribution in [0.25, 0.3) is 0 Å². The second kappa shape index (κ2) is 11.5. The summed E-state index contributed by atoms with van der Waals surface area (Å²) in [6.45, 7) is 2.11. The van der Waals surface area contributed by atoms with E-state index in [9.17, 15) is 14.4 Å². The molecule has 0 aliphatic rings. The lowest BCUT2D eigenvalue weighted by atomic mass is 10.1. The van der Waals surface area contributed by atoms with Gasteiger partial charge in [-0.15, -0.1) is 0 Å². The molecule has 148 valence electrons. The Labute approximate surface area is 165 Å². The first-order valence-electron chi connectivity index (χ1n) is 9.46. The quantitative estimate of drug-likeness (QED) is 0.482. The highest BCUT2D eigenvalue weighted by Gasteiger charge is 2.09. The van der Waals surface area contributed by atoms with Crippen molar-refractivity contribution in [3.8, 4) is 0 Å². The number of nitrogens with one attached hydrogen (secondary N) is 2. The van der Waals surface area contributed by atoms with Gasteiger partial charge in [-0.3, -0.25) is 14.4 Å². The first kappa shape index (κ1) is 21.2. The summed E-state index contributed by atoms with van der Waals surface area (Å²) in [5, 5.41) is 5.45. The molecular formula is C22H26N2O4. The molecule has 2 aromatic carbocycles. The molecule has 28 heavy (non-hydrogen) atoms. The van der Waals surface area contributed by atoms with Crippen LogP contribution in [-0.4, -0.2) is 24.4 Å². The van der Waals surface area contributed by atoms with E-state index in [-0.39, 0.29) is 30.6 Å². The van der Waals surface area contributed by atoms with Gasteiger partial charge in [0.1, 0.15) is 0 Å². The fraction of sp³-hybridized carbons (Fsp3) is 0.318. The van der Waals surface area contributed by atoms with E-state index < -0.39 is 0 Å². The van der Waals surface area contributed by atoms with Gasteiger partial charge in [0.05, 0.1) is 13.0 Å². The van der Waals surface area contributed by atoms with Crippen molar-refractivity contribution in [3.63, 3.8) is 0 Å². The molecule has 0 fully saturated rings. The van der Waals surface area contributed by atoms with Gasteiger partial charge in [0.25, 0.3) is 0 Å². The number of rotatable bonds is 10. The number of benzene rings is 2. The van der Waals surface area contributed by atoms with Crippen LogP contribution in [0.4, 0.5) is 11.4 Å². The summed E-state index contributed by atoms with van der Waals surface area (Å²) in [4.78, 5) is 35.2. The average molecular weight is 382 g/mol. The zero-order valence-corrected chi connectivity index (χ0v) is 16.1. The average Bonchev–Trinajstić information content (AvgIpc) is 2.70. The standard InChI is InChI=1S/C22H26N2O4/c1-2-20(25)23-18-11-6-12-19(16-18)24-21(26)13-14-22(27)28-15-7-10-17-8-4-3-5-9-17/h3-6,8-9,11-12,16H,2,7,10,13-15H2,1H3,(H,23,25)(H,24,26). The Balaban J connectivity index is 1.65. The minimum Gasteiger partial charge on any atom is -0.466 e. The molecule has 0 aliphatic heterocycles. The molecule has 0 radical (unpaired) electrons. The number of carbonyl (C=O) groups excluding carboxylic acids is 3. The van der Waals surface area contributed by atoms with Crippen molar-refractivity contribution in [3.05, 3.63) is 60.2 Å². The largest absolute Gasteiger partial charge is 0.466 e. The first-order chi connectivity index (χ1) is 13.6. The maximum atomic E-state index is 12.0. The number of hydrogen-bond donors (Lipinski definition) is 2. The third-order valence-corrected chi connectivity index (χ3v) is 4.02. The van der Waals surface area contributed by atoms with E-state index in [0.29, 0.717) is 24.4 Å². The molecule has 0 heterocycles. The summed E-state index contributed by atoms with van der Waals surface area (Å²) >= 11 is 0. The molecule has 0 unspecified atom stereocenters. The lowest BCUT2D eigenvalue weighted by Gasteiger charge is -2.08. The van der Waals surface area contributed by atoms with Crippen molar-refractivity contribution in [1.82, 2.24) is 0 Å². The highest BCUT2D eigenvalue weighted by Crippen LogP contribution is 2.16. The molecule has 6 heteroatoms. The van der Waals surface area contributed by atoms with Gasteiger partial charge in [-0.05, 0) is 36.6 Å². The van der Waals surface area contributed by atoms with Gasteiger partial charge < -0.3 is 15.4 Å². The molecule has 0 saturated carbocycles. The van der Waals surface area contributed by atoms with Crippen LogP contribution in [0.15, 0.2) is 54.6 Å². The SMILES string of the molecule is CCC(=O)Nc1cccc(NC(=O)CCC(=O)OCCCc2ccccc2)c1. The lowest BCUT2D eigenvalue weighted by Crippen LogP contribution is -2.15. The zero-order chi connectivity index (χ0) is 20.2. The molecule has 2 amide bonds. The Morgan fingerprint density at radius 2 is 1.54 bits per heavy atom. The molecular weight excluding hydrogens is 356 g/mol. The normalized spacial score (nSPS) is 10.2. The molecule has 6 nitrogen and oxygen atoms in total. The lowest BCUT2D eigenvalue weighted by molar-refractivity contribution is -0.144. The molecule has 2 aromatic rings. The van der Waals surface area contributed by atoms with Gasteiger partial charge in [-0.2, -0.15) is 0 Å². The summed E-state index contributed by atoms with van der Waals surface area (Å²) < 4.78 is 5.17. The number of amides is 2. The minimum atomic E-state index is -0.382. The van der Waals surface area contributed by atoms with Crippen LogP contribution in [0.1, 0.15) is 38.2 Å². The Morgan fingerprint density at radius 1 is 0.857 bits per heavy atom. The zero-order valence-electron chi connectivity index (χ0n) is 16.1. The summed E-state index contributed by atoms with van der Waals surface area (Å²) in [6, 6.07) is 16.9. The third kappa shape index (κ3) is 8.03. The van der Waals surface area contributed by atoms with Crippen molar-refractivity contribution >= 4 is 29.2 Å². The molecule has 0 aromatic heterocycles. The second-order valence-corrected chi connectivity index (χ2v) is 6.34. The number of aryl methyl sites for hydroxylation is 1. The third-order valence-electron chi connectivity index (χ3n) is 4.02. The number of anilines is 2. The topological polar surface area (TPSA) is 84.5 Å². The van der Waals surface area contributed by atoms with Crippen molar-refractivity contribution in [2.75, 3.05) is 17.2 Å². The Kier molecular flexibility index (Phi) is 8.72. The van der Waals surface area contributed by atoms with Gasteiger partial charge in [0.15, 0.2) is 0 Å². The first-order valence-corrected chi connectivity index (χ1v) is 9.46. The van der Waals surface area contributed by atoms with E-state index in [1.54, 1.807) is 31.2 Å². The molecule has 0 bridgehead atoms. The molecule has 2 N–H and O–H groups in total. The minimum absolute atomic E-state index is 0.0312. The van der Waals surface area contributed by atoms with Crippen LogP contribution in [0.3, 0.4) is 0 Å². The van der Waals surface area contributed by atoms with Gasteiger partial charge >= 0.3 is 5.97 Å². The maximum absolute atomic E-state index is 12.0. The number of esters is 1. The molecule has 2 rings (SSSR count). The van der Waals surface area contributed by atoms with Crippen LogP contribution < -0.4 is 10.6 Å². The maximum Gasteiger partial charge on any atom is 0.306 e. The number of hydrogen-bond acceptors (Lipinski definition) is 4. The van der Waals surface area contributed by atoms with Crippen molar-refractivity contribution in [1.29, 1.82) is 0 Å². The van der Waals surface area contributed by atoms with Crippen molar-refractivity contribution in [2.45, 2.75) is 39.0 Å². The van der Waals surface area contributed by atoms with Gasteiger partial charge in [0.2, 0.25) is 11.8 Å². The monoisotopic (exact) mass is 382 g/mol. The Bertz CT molecular complexity index is 790. The predicted molar refractivity (Wildman–Crippen MR) is 109 cm³/mol. The van der Waals surface area contributed by atoms with E-state index in [2.05, 4.69) is 10.6 Å². The predicted octanol–water partition coefficient (Wildman–Crippen LogP) is 3.93. The van der Waals surface area contributed by atoms with Crippen LogP contribution >= 0.6 is 0 Å². The summed E-state index contributed by atoms with van der Waals surface area (Å²) in [5.74, 6) is -0.758. The number of ether oxygens (including phenoxy) is 1. The molecule has 0 spiro atoms.